The van der Waals surface area contributed by atoms with Crippen LogP contribution >= 0.6 is 0 Å². The zero-order chi connectivity index (χ0) is 12.7. The number of aliphatic hydroxyl groups excluding tert-OH is 4. The van der Waals surface area contributed by atoms with Crippen LogP contribution in [0.3, 0.4) is 0 Å². The Balaban J connectivity index is 2.42. The van der Waals surface area contributed by atoms with Crippen molar-refractivity contribution in [1.29, 1.82) is 0 Å². The second kappa shape index (κ2) is 8.00. The van der Waals surface area contributed by atoms with Gasteiger partial charge in [0, 0.05) is 38.3 Å². The van der Waals surface area contributed by atoms with E-state index in [2.05, 4.69) is 5.32 Å². The van der Waals surface area contributed by atoms with Crippen molar-refractivity contribution in [3.63, 3.8) is 0 Å². The molecule has 5 nitrogen and oxygen atoms in total. The largest absolute Gasteiger partial charge is 0.396 e. The standard InChI is InChI=1S/C12H25NO4/c14-5-9(6-15)1-11-3-13-4-12(11)2-10(7-16)8-17/h9-17H,1-8H2/t11-,12-/m1/s1. The van der Waals surface area contributed by atoms with Crippen LogP contribution in [0.25, 0.3) is 0 Å². The molecule has 1 saturated heterocycles. The van der Waals surface area contributed by atoms with Crippen molar-refractivity contribution in [3.8, 4) is 0 Å². The molecule has 0 saturated carbocycles. The number of rotatable bonds is 8. The molecular formula is C12H25NO4. The second-order valence-electron chi connectivity index (χ2n) is 5.11. The fourth-order valence-corrected chi connectivity index (χ4v) is 2.61. The Morgan fingerprint density at radius 1 is 0.765 bits per heavy atom. The molecule has 0 bridgehead atoms. The van der Waals surface area contributed by atoms with Crippen LogP contribution in [0.5, 0.6) is 0 Å². The molecule has 0 unspecified atom stereocenters. The van der Waals surface area contributed by atoms with Gasteiger partial charge in [0.05, 0.1) is 0 Å². The first-order valence-corrected chi connectivity index (χ1v) is 6.39. The molecule has 0 aromatic heterocycles. The fourth-order valence-electron chi connectivity index (χ4n) is 2.61. The van der Waals surface area contributed by atoms with Gasteiger partial charge in [0.25, 0.3) is 0 Å². The summed E-state index contributed by atoms with van der Waals surface area (Å²) in [5.41, 5.74) is 0. The van der Waals surface area contributed by atoms with E-state index in [1.165, 1.54) is 0 Å². The van der Waals surface area contributed by atoms with Gasteiger partial charge in [0.2, 0.25) is 0 Å². The van der Waals surface area contributed by atoms with E-state index in [0.29, 0.717) is 11.8 Å². The molecule has 1 aliphatic heterocycles. The summed E-state index contributed by atoms with van der Waals surface area (Å²) in [6.45, 7) is 1.86. The minimum absolute atomic E-state index is 0.0170. The Morgan fingerprint density at radius 2 is 1.12 bits per heavy atom. The summed E-state index contributed by atoms with van der Waals surface area (Å²) in [7, 11) is 0. The average Bonchev–Trinajstić information content (AvgIpc) is 2.80. The number of nitrogens with one attached hydrogen (secondary N) is 1. The summed E-state index contributed by atoms with van der Waals surface area (Å²) in [6, 6.07) is 0. The van der Waals surface area contributed by atoms with E-state index in [-0.39, 0.29) is 38.3 Å². The van der Waals surface area contributed by atoms with Crippen LogP contribution in [0.15, 0.2) is 0 Å². The minimum atomic E-state index is -0.0518. The maximum Gasteiger partial charge on any atom is 0.0481 e. The van der Waals surface area contributed by atoms with Crippen molar-refractivity contribution < 1.29 is 20.4 Å². The lowest BCUT2D eigenvalue weighted by Gasteiger charge is -2.24. The minimum Gasteiger partial charge on any atom is -0.396 e. The molecule has 1 aliphatic rings. The first-order valence-electron chi connectivity index (χ1n) is 6.39. The smallest absolute Gasteiger partial charge is 0.0481 e. The van der Waals surface area contributed by atoms with E-state index in [4.69, 9.17) is 20.4 Å². The summed E-state index contributed by atoms with van der Waals surface area (Å²) in [5, 5.41) is 39.6. The van der Waals surface area contributed by atoms with E-state index >= 15 is 0 Å². The van der Waals surface area contributed by atoms with E-state index in [0.717, 1.165) is 25.9 Å². The van der Waals surface area contributed by atoms with Crippen molar-refractivity contribution in [3.05, 3.63) is 0 Å². The van der Waals surface area contributed by atoms with E-state index in [9.17, 15) is 0 Å². The van der Waals surface area contributed by atoms with Crippen LogP contribution in [0.4, 0.5) is 0 Å². The Kier molecular flexibility index (Phi) is 6.99. The molecule has 0 amide bonds. The Labute approximate surface area is 102 Å². The number of hydrogen-bond donors (Lipinski definition) is 5. The van der Waals surface area contributed by atoms with Crippen LogP contribution in [0.2, 0.25) is 0 Å². The lowest BCUT2D eigenvalue weighted by molar-refractivity contribution is 0.105. The van der Waals surface area contributed by atoms with Crippen molar-refractivity contribution in [2.24, 2.45) is 23.7 Å². The molecule has 1 fully saturated rings. The van der Waals surface area contributed by atoms with Gasteiger partial charge in [0.15, 0.2) is 0 Å². The quantitative estimate of drug-likeness (QED) is 0.372. The third-order valence-corrected chi connectivity index (χ3v) is 3.78. The highest BCUT2D eigenvalue weighted by molar-refractivity contribution is 4.84. The van der Waals surface area contributed by atoms with E-state index in [1.807, 2.05) is 0 Å². The summed E-state index contributed by atoms with van der Waals surface area (Å²) >= 11 is 0. The van der Waals surface area contributed by atoms with E-state index < -0.39 is 0 Å². The third-order valence-electron chi connectivity index (χ3n) is 3.78. The van der Waals surface area contributed by atoms with Crippen LogP contribution in [0, 0.1) is 23.7 Å². The molecule has 102 valence electrons. The summed E-state index contributed by atoms with van der Waals surface area (Å²) < 4.78 is 0. The van der Waals surface area contributed by atoms with Crippen molar-refractivity contribution in [2.45, 2.75) is 12.8 Å². The first kappa shape index (κ1) is 14.9. The molecule has 2 atom stereocenters. The van der Waals surface area contributed by atoms with Gasteiger partial charge in [-0.1, -0.05) is 0 Å². The normalized spacial score (nSPS) is 25.1. The highest BCUT2D eigenvalue weighted by atomic mass is 16.3. The molecule has 0 spiro atoms. The maximum absolute atomic E-state index is 9.09. The summed E-state index contributed by atoms with van der Waals surface area (Å²) in [4.78, 5) is 0. The SMILES string of the molecule is OCC(CO)C[C@@H]1CNC[C@H]1CC(CO)CO. The second-order valence-corrected chi connectivity index (χ2v) is 5.11. The van der Waals surface area contributed by atoms with Gasteiger partial charge in [-0.25, -0.2) is 0 Å². The average molecular weight is 247 g/mol. The van der Waals surface area contributed by atoms with Crippen LogP contribution < -0.4 is 5.32 Å². The lowest BCUT2D eigenvalue weighted by atomic mass is 9.82. The topological polar surface area (TPSA) is 93.0 Å². The number of aliphatic hydroxyl groups is 4. The van der Waals surface area contributed by atoms with Crippen LogP contribution in [0.1, 0.15) is 12.8 Å². The lowest BCUT2D eigenvalue weighted by Crippen LogP contribution is -2.24. The highest BCUT2D eigenvalue weighted by Crippen LogP contribution is 2.29. The first-order chi connectivity index (χ1) is 8.24. The zero-order valence-corrected chi connectivity index (χ0v) is 10.3. The molecule has 0 aliphatic carbocycles. The molecular weight excluding hydrogens is 222 g/mol. The Bertz CT molecular complexity index is 175. The maximum atomic E-state index is 9.09. The molecule has 5 heteroatoms. The van der Waals surface area contributed by atoms with Crippen molar-refractivity contribution in [1.82, 2.24) is 5.32 Å². The molecule has 5 N–H and O–H groups in total. The van der Waals surface area contributed by atoms with Crippen molar-refractivity contribution >= 4 is 0 Å². The van der Waals surface area contributed by atoms with Gasteiger partial charge >= 0.3 is 0 Å². The number of hydrogen-bond acceptors (Lipinski definition) is 5. The molecule has 1 rings (SSSR count). The molecule has 0 aromatic rings. The highest BCUT2D eigenvalue weighted by Gasteiger charge is 2.30. The summed E-state index contributed by atoms with van der Waals surface area (Å²) in [5.74, 6) is 0.730. The Morgan fingerprint density at radius 3 is 1.41 bits per heavy atom. The van der Waals surface area contributed by atoms with Crippen molar-refractivity contribution in [2.75, 3.05) is 39.5 Å². The van der Waals surface area contributed by atoms with Gasteiger partial charge < -0.3 is 25.7 Å². The molecule has 1 heterocycles. The van der Waals surface area contributed by atoms with Gasteiger partial charge in [-0.3, -0.25) is 0 Å². The van der Waals surface area contributed by atoms with Gasteiger partial charge in [0.1, 0.15) is 0 Å². The summed E-state index contributed by atoms with van der Waals surface area (Å²) in [6.07, 6.45) is 1.60. The molecule has 17 heavy (non-hydrogen) atoms. The van der Waals surface area contributed by atoms with Gasteiger partial charge in [-0.15, -0.1) is 0 Å². The molecule has 0 radical (unpaired) electrons. The van der Waals surface area contributed by atoms with Crippen LogP contribution in [-0.4, -0.2) is 59.9 Å². The zero-order valence-electron chi connectivity index (χ0n) is 10.3. The predicted molar refractivity (Wildman–Crippen MR) is 64.4 cm³/mol. The third kappa shape index (κ3) is 4.52. The Hall–Kier alpha value is -0.200. The monoisotopic (exact) mass is 247 g/mol. The van der Waals surface area contributed by atoms with Crippen LogP contribution in [-0.2, 0) is 0 Å². The van der Waals surface area contributed by atoms with E-state index in [1.54, 1.807) is 0 Å². The van der Waals surface area contributed by atoms with Gasteiger partial charge in [-0.2, -0.15) is 0 Å². The fraction of sp³-hybridized carbons (Fsp3) is 1.00. The van der Waals surface area contributed by atoms with Gasteiger partial charge in [-0.05, 0) is 37.8 Å². The molecule has 0 aromatic carbocycles. The predicted octanol–water partition coefficient (Wildman–Crippen LogP) is -1.20.